The monoisotopic (exact) mass is 467 g/mol. The fourth-order valence-electron chi connectivity index (χ4n) is 4.33. The maximum Gasteiger partial charge on any atom is 0.263 e. The van der Waals surface area contributed by atoms with Gasteiger partial charge >= 0.3 is 0 Å². The highest BCUT2D eigenvalue weighted by Crippen LogP contribution is 2.37. The van der Waals surface area contributed by atoms with Crippen molar-refractivity contribution in [3.63, 3.8) is 0 Å². The summed E-state index contributed by atoms with van der Waals surface area (Å²) < 4.78 is 3.67. The van der Waals surface area contributed by atoms with E-state index in [4.69, 9.17) is 0 Å². The van der Waals surface area contributed by atoms with Gasteiger partial charge in [-0.2, -0.15) is 5.26 Å². The third-order valence-electron chi connectivity index (χ3n) is 6.01. The molecule has 3 aromatic heterocycles. The fraction of sp³-hybridized carbons (Fsp3) is 0.391. The van der Waals surface area contributed by atoms with Gasteiger partial charge in [-0.3, -0.25) is 14.2 Å². The number of hydrogen-bond donors (Lipinski definition) is 1. The molecule has 1 saturated carbocycles. The number of aromatic nitrogens is 3. The highest BCUT2D eigenvalue weighted by Gasteiger charge is 2.26. The van der Waals surface area contributed by atoms with Crippen LogP contribution in [0.15, 0.2) is 34.1 Å². The fourth-order valence-corrected chi connectivity index (χ4v) is 5.95. The summed E-state index contributed by atoms with van der Waals surface area (Å²) in [6.07, 6.45) is 6.06. The Morgan fingerprint density at radius 2 is 2.19 bits per heavy atom. The standard InChI is InChI=1S/C23H25N5O2S2/c1-4-10-27-22(30)17-9-11-31-21(17)26-23(27)32-13-19(29)25-20-18(12-24)14(2)15(3)28(20)16-7-5-6-8-16/h4,9,11,16H,1,5-8,10,13H2,2-3H3,(H,25,29). The van der Waals surface area contributed by atoms with Crippen LogP contribution in [-0.4, -0.2) is 25.8 Å². The van der Waals surface area contributed by atoms with E-state index in [1.807, 2.05) is 19.2 Å². The van der Waals surface area contributed by atoms with E-state index < -0.39 is 0 Å². The molecule has 32 heavy (non-hydrogen) atoms. The summed E-state index contributed by atoms with van der Waals surface area (Å²) in [6, 6.07) is 4.34. The van der Waals surface area contributed by atoms with E-state index in [-0.39, 0.29) is 17.2 Å². The lowest BCUT2D eigenvalue weighted by atomic mass is 10.2. The van der Waals surface area contributed by atoms with Gasteiger partial charge in [0, 0.05) is 18.3 Å². The van der Waals surface area contributed by atoms with Crippen LogP contribution in [0.25, 0.3) is 10.2 Å². The molecule has 3 aromatic rings. The Morgan fingerprint density at radius 1 is 1.44 bits per heavy atom. The number of rotatable bonds is 7. The number of nitrogens with zero attached hydrogens (tertiary/aromatic N) is 4. The number of amides is 1. The zero-order valence-corrected chi connectivity index (χ0v) is 19.8. The van der Waals surface area contributed by atoms with E-state index in [0.717, 1.165) is 36.9 Å². The lowest BCUT2D eigenvalue weighted by Gasteiger charge is -2.19. The Bertz CT molecular complexity index is 1290. The van der Waals surface area contributed by atoms with Gasteiger partial charge in [0.1, 0.15) is 16.7 Å². The molecule has 0 radical (unpaired) electrons. The number of allylic oxidation sites excluding steroid dienone is 1. The van der Waals surface area contributed by atoms with Crippen LogP contribution >= 0.6 is 23.1 Å². The number of nitriles is 1. The maximum atomic E-state index is 12.9. The Morgan fingerprint density at radius 3 is 2.88 bits per heavy atom. The van der Waals surface area contributed by atoms with Gasteiger partial charge < -0.3 is 9.88 Å². The summed E-state index contributed by atoms with van der Waals surface area (Å²) in [5.74, 6) is 0.443. The number of nitrogens with one attached hydrogen (secondary N) is 1. The molecule has 0 bridgehead atoms. The number of hydrogen-bond acceptors (Lipinski definition) is 6. The first-order valence-corrected chi connectivity index (χ1v) is 12.5. The third kappa shape index (κ3) is 4.00. The zero-order chi connectivity index (χ0) is 22.8. The lowest BCUT2D eigenvalue weighted by Crippen LogP contribution is -2.24. The van der Waals surface area contributed by atoms with Gasteiger partial charge in [0.25, 0.3) is 5.56 Å². The molecule has 0 saturated heterocycles. The molecule has 1 amide bonds. The first kappa shape index (κ1) is 22.4. The molecule has 1 aliphatic carbocycles. The molecule has 4 rings (SSSR count). The Kier molecular flexibility index (Phi) is 6.53. The highest BCUT2D eigenvalue weighted by atomic mass is 32.2. The molecule has 1 fully saturated rings. The van der Waals surface area contributed by atoms with Gasteiger partial charge in [-0.25, -0.2) is 4.98 Å². The van der Waals surface area contributed by atoms with Gasteiger partial charge in [-0.15, -0.1) is 17.9 Å². The predicted molar refractivity (Wildman–Crippen MR) is 130 cm³/mol. The normalized spacial score (nSPS) is 14.0. The van der Waals surface area contributed by atoms with Gasteiger partial charge in [0.15, 0.2) is 5.16 Å². The maximum absolute atomic E-state index is 12.9. The number of thiophene rings is 1. The van der Waals surface area contributed by atoms with E-state index in [0.29, 0.717) is 39.3 Å². The molecule has 0 aromatic carbocycles. The van der Waals surface area contributed by atoms with E-state index >= 15 is 0 Å². The number of fused-ring (bicyclic) bond motifs is 1. The summed E-state index contributed by atoms with van der Waals surface area (Å²) in [5.41, 5.74) is 2.33. The van der Waals surface area contributed by atoms with Gasteiger partial charge in [0.05, 0.1) is 16.7 Å². The number of carbonyl (C=O) groups excluding carboxylic acids is 1. The smallest absolute Gasteiger partial charge is 0.263 e. The van der Waals surface area contributed by atoms with Gasteiger partial charge in [-0.05, 0) is 43.7 Å². The molecule has 0 spiro atoms. The van der Waals surface area contributed by atoms with Crippen molar-refractivity contribution in [1.29, 1.82) is 5.26 Å². The SMILES string of the molecule is C=CCn1c(SCC(=O)Nc2c(C#N)c(C)c(C)n2C2CCCC2)nc2sccc2c1=O. The first-order valence-electron chi connectivity index (χ1n) is 10.6. The summed E-state index contributed by atoms with van der Waals surface area (Å²) in [7, 11) is 0. The van der Waals surface area contributed by atoms with Crippen LogP contribution < -0.4 is 10.9 Å². The van der Waals surface area contributed by atoms with E-state index in [2.05, 4.69) is 27.5 Å². The molecular weight excluding hydrogens is 442 g/mol. The number of carbonyl (C=O) groups is 1. The first-order chi connectivity index (χ1) is 15.5. The average Bonchev–Trinajstić information content (AvgIpc) is 3.50. The zero-order valence-electron chi connectivity index (χ0n) is 18.2. The van der Waals surface area contributed by atoms with Crippen molar-refractivity contribution in [2.24, 2.45) is 0 Å². The molecule has 3 heterocycles. The van der Waals surface area contributed by atoms with E-state index in [9.17, 15) is 14.9 Å². The quantitative estimate of drug-likeness (QED) is 0.307. The van der Waals surface area contributed by atoms with E-state index in [1.165, 1.54) is 27.7 Å². The van der Waals surface area contributed by atoms with Crippen LogP contribution in [0.5, 0.6) is 0 Å². The number of anilines is 1. The van der Waals surface area contributed by atoms with Crippen LogP contribution in [0.3, 0.4) is 0 Å². The Hall–Kier alpha value is -2.83. The van der Waals surface area contributed by atoms with Crippen LogP contribution in [0.1, 0.15) is 48.5 Å². The van der Waals surface area contributed by atoms with E-state index in [1.54, 1.807) is 12.1 Å². The van der Waals surface area contributed by atoms with Crippen LogP contribution in [0.2, 0.25) is 0 Å². The Labute approximate surface area is 194 Å². The van der Waals surface area contributed by atoms with Crippen molar-refractivity contribution < 1.29 is 4.79 Å². The predicted octanol–water partition coefficient (Wildman–Crippen LogP) is 4.78. The van der Waals surface area contributed by atoms with Gasteiger partial charge in [-0.1, -0.05) is 30.7 Å². The molecule has 166 valence electrons. The lowest BCUT2D eigenvalue weighted by molar-refractivity contribution is -0.113. The molecular formula is C23H25N5O2S2. The summed E-state index contributed by atoms with van der Waals surface area (Å²) in [4.78, 5) is 30.9. The van der Waals surface area contributed by atoms with Crippen molar-refractivity contribution in [3.8, 4) is 6.07 Å². The summed E-state index contributed by atoms with van der Waals surface area (Å²) >= 11 is 2.62. The van der Waals surface area contributed by atoms with Gasteiger partial charge in [0.2, 0.25) is 5.91 Å². The molecule has 1 N–H and O–H groups in total. The van der Waals surface area contributed by atoms with Crippen molar-refractivity contribution in [1.82, 2.24) is 14.1 Å². The summed E-state index contributed by atoms with van der Waals surface area (Å²) in [6.45, 7) is 7.99. The van der Waals surface area contributed by atoms with Crippen LogP contribution in [0, 0.1) is 25.2 Å². The van der Waals surface area contributed by atoms with Crippen molar-refractivity contribution in [2.45, 2.75) is 57.3 Å². The van der Waals surface area contributed by atoms with Crippen LogP contribution in [-0.2, 0) is 11.3 Å². The number of thioether (sulfide) groups is 1. The second-order valence-electron chi connectivity index (χ2n) is 7.93. The topological polar surface area (TPSA) is 92.7 Å². The molecule has 9 heteroatoms. The third-order valence-corrected chi connectivity index (χ3v) is 7.79. The minimum Gasteiger partial charge on any atom is -0.327 e. The molecule has 0 unspecified atom stereocenters. The minimum absolute atomic E-state index is 0.0826. The van der Waals surface area contributed by atoms with Crippen molar-refractivity contribution >= 4 is 45.0 Å². The minimum atomic E-state index is -0.228. The van der Waals surface area contributed by atoms with Crippen molar-refractivity contribution in [3.05, 3.63) is 51.3 Å². The molecule has 7 nitrogen and oxygen atoms in total. The highest BCUT2D eigenvalue weighted by molar-refractivity contribution is 7.99. The summed E-state index contributed by atoms with van der Waals surface area (Å²) in [5, 5.41) is 15.6. The second kappa shape index (κ2) is 9.35. The van der Waals surface area contributed by atoms with Crippen molar-refractivity contribution in [2.75, 3.05) is 11.1 Å². The molecule has 0 atom stereocenters. The molecule has 1 aliphatic rings. The van der Waals surface area contributed by atoms with Crippen LogP contribution in [0.4, 0.5) is 5.82 Å². The molecule has 0 aliphatic heterocycles. The average molecular weight is 468 g/mol. The Balaban J connectivity index is 1.59. The second-order valence-corrected chi connectivity index (χ2v) is 9.77. The largest absolute Gasteiger partial charge is 0.327 e.